The molecular weight excluding hydrogens is 448 g/mol. The summed E-state index contributed by atoms with van der Waals surface area (Å²) in [6.45, 7) is 14.7. The lowest BCUT2D eigenvalue weighted by atomic mass is 9.82. The molecule has 1 heterocycles. The number of benzene rings is 2. The molecule has 0 aliphatic heterocycles. The average Bonchev–Trinajstić information content (AvgIpc) is 3.30. The number of nitrogens with one attached hydrogen (secondary N) is 2. The molecule has 0 saturated heterocycles. The van der Waals surface area contributed by atoms with Crippen molar-refractivity contribution < 1.29 is 0 Å². The van der Waals surface area contributed by atoms with Gasteiger partial charge in [-0.05, 0) is 56.7 Å². The van der Waals surface area contributed by atoms with Crippen LogP contribution in [-0.2, 0) is 12.8 Å². The molecule has 0 fully saturated rings. The number of hydrogen-bond acceptors (Lipinski definition) is 5. The second-order valence-corrected chi connectivity index (χ2v) is 9.43. The molecule has 5 heteroatoms. The quantitative estimate of drug-likeness (QED) is 0.262. The summed E-state index contributed by atoms with van der Waals surface area (Å²) in [6.07, 6.45) is 4.23. The summed E-state index contributed by atoms with van der Waals surface area (Å²) in [5, 5.41) is 20.1. The van der Waals surface area contributed by atoms with E-state index in [1.807, 2.05) is 70.2 Å². The van der Waals surface area contributed by atoms with E-state index in [9.17, 15) is 0 Å². The molecule has 0 saturated carbocycles. The van der Waals surface area contributed by atoms with Crippen LogP contribution in [0.2, 0.25) is 0 Å². The Morgan fingerprint density at radius 2 is 1.46 bits per heavy atom. The zero-order chi connectivity index (χ0) is 26.9. The molecule has 35 heavy (non-hydrogen) atoms. The maximum absolute atomic E-state index is 8.44. The van der Waals surface area contributed by atoms with Crippen LogP contribution in [0, 0.1) is 23.2 Å². The molecule has 3 aromatic rings. The number of thiazole rings is 1. The third-order valence-corrected chi connectivity index (χ3v) is 6.00. The van der Waals surface area contributed by atoms with Crippen molar-refractivity contribution in [1.82, 2.24) is 4.98 Å². The minimum absolute atomic E-state index is 0.222. The van der Waals surface area contributed by atoms with Crippen molar-refractivity contribution in [2.24, 2.45) is 11.1 Å². The Kier molecular flexibility index (Phi) is 16.4. The Labute approximate surface area is 218 Å². The van der Waals surface area contributed by atoms with Gasteiger partial charge in [-0.25, -0.2) is 4.98 Å². The van der Waals surface area contributed by atoms with E-state index in [1.54, 1.807) is 11.3 Å². The predicted molar refractivity (Wildman–Crippen MR) is 157 cm³/mol. The van der Waals surface area contributed by atoms with Gasteiger partial charge in [0.15, 0.2) is 0 Å². The van der Waals surface area contributed by atoms with Crippen molar-refractivity contribution in [2.45, 2.75) is 74.1 Å². The SMILES string of the molecule is CC.CC.CN.Cc1nc(CC(C)(C)CCCc2cccc(C(=N)C(=N)c3ccccc3)c2)cs1. The van der Waals surface area contributed by atoms with Crippen LogP contribution >= 0.6 is 11.3 Å². The minimum atomic E-state index is 0.222. The Morgan fingerprint density at radius 3 is 2.03 bits per heavy atom. The first-order chi connectivity index (χ1) is 16.8. The van der Waals surface area contributed by atoms with E-state index in [-0.39, 0.29) is 16.8 Å². The van der Waals surface area contributed by atoms with Crippen LogP contribution in [0.1, 0.15) is 81.8 Å². The van der Waals surface area contributed by atoms with Gasteiger partial charge in [0, 0.05) is 16.5 Å². The van der Waals surface area contributed by atoms with Crippen molar-refractivity contribution in [1.29, 1.82) is 10.8 Å². The highest BCUT2D eigenvalue weighted by molar-refractivity contribution is 7.09. The highest BCUT2D eigenvalue weighted by Crippen LogP contribution is 2.29. The van der Waals surface area contributed by atoms with E-state index in [1.165, 1.54) is 18.3 Å². The van der Waals surface area contributed by atoms with Gasteiger partial charge < -0.3 is 5.73 Å². The van der Waals surface area contributed by atoms with Gasteiger partial charge >= 0.3 is 0 Å². The van der Waals surface area contributed by atoms with Crippen molar-refractivity contribution >= 4 is 22.8 Å². The fourth-order valence-corrected chi connectivity index (χ4v) is 4.23. The van der Waals surface area contributed by atoms with Crippen LogP contribution in [0.15, 0.2) is 60.0 Å². The smallest absolute Gasteiger partial charge is 0.0897 e. The van der Waals surface area contributed by atoms with Crippen LogP contribution in [-0.4, -0.2) is 23.5 Å². The molecule has 192 valence electrons. The third kappa shape index (κ3) is 11.6. The standard InChI is InChI=1S/C25H29N3S.2C2H6.CH5N/c1-18-28-22(17-29-18)16-25(2,3)14-8-10-19-9-7-13-21(15-19)24(27)23(26)20-11-5-4-6-12-20;3*1-2/h4-7,9,11-13,15,17,26-27H,8,10,14,16H2,1-3H3;2*1-2H3;2H2,1H3. The van der Waals surface area contributed by atoms with Gasteiger partial charge in [0.2, 0.25) is 0 Å². The Balaban J connectivity index is 0.00000179. The van der Waals surface area contributed by atoms with Crippen LogP contribution in [0.4, 0.5) is 0 Å². The lowest BCUT2D eigenvalue weighted by Gasteiger charge is -2.23. The van der Waals surface area contributed by atoms with E-state index in [4.69, 9.17) is 10.8 Å². The number of aromatic nitrogens is 1. The predicted octanol–water partition coefficient (Wildman–Crippen LogP) is 8.11. The molecule has 4 nitrogen and oxygen atoms in total. The first-order valence-corrected chi connectivity index (χ1v) is 13.5. The molecule has 3 rings (SSSR count). The molecule has 0 unspecified atom stereocenters. The maximum Gasteiger partial charge on any atom is 0.0897 e. The molecular formula is C30H46N4S. The number of aryl methyl sites for hydroxylation is 2. The molecule has 4 N–H and O–H groups in total. The van der Waals surface area contributed by atoms with Crippen LogP contribution in [0.3, 0.4) is 0 Å². The van der Waals surface area contributed by atoms with Crippen molar-refractivity contribution in [3.63, 3.8) is 0 Å². The van der Waals surface area contributed by atoms with Crippen molar-refractivity contribution in [2.75, 3.05) is 7.05 Å². The summed E-state index contributed by atoms with van der Waals surface area (Å²) < 4.78 is 0. The molecule has 0 amide bonds. The molecule has 0 aliphatic carbocycles. The monoisotopic (exact) mass is 494 g/mol. The number of hydrogen-bond donors (Lipinski definition) is 3. The van der Waals surface area contributed by atoms with Crippen molar-refractivity contribution in [3.8, 4) is 0 Å². The first kappa shape index (κ1) is 32.4. The van der Waals surface area contributed by atoms with Crippen LogP contribution < -0.4 is 5.73 Å². The Hall–Kier alpha value is -2.63. The van der Waals surface area contributed by atoms with Gasteiger partial charge in [-0.3, -0.25) is 10.8 Å². The number of rotatable bonds is 9. The van der Waals surface area contributed by atoms with Gasteiger partial charge in [-0.2, -0.15) is 0 Å². The van der Waals surface area contributed by atoms with E-state index in [0.717, 1.165) is 41.8 Å². The number of nitrogens with zero attached hydrogens (tertiary/aromatic N) is 1. The molecule has 0 aliphatic rings. The highest BCUT2D eigenvalue weighted by atomic mass is 32.1. The summed E-state index contributed by atoms with van der Waals surface area (Å²) in [4.78, 5) is 4.61. The lowest BCUT2D eigenvalue weighted by molar-refractivity contribution is 0.320. The van der Waals surface area contributed by atoms with E-state index in [0.29, 0.717) is 0 Å². The molecule has 0 radical (unpaired) electrons. The normalized spacial score (nSPS) is 9.97. The molecule has 1 aromatic heterocycles. The largest absolute Gasteiger partial charge is 0.333 e. The summed E-state index contributed by atoms with van der Waals surface area (Å²) >= 11 is 1.72. The number of nitrogens with two attached hydrogens (primary N) is 1. The summed E-state index contributed by atoms with van der Waals surface area (Å²) in [5.41, 5.74) is 9.29. The Morgan fingerprint density at radius 1 is 0.886 bits per heavy atom. The van der Waals surface area contributed by atoms with E-state index in [2.05, 4.69) is 49.0 Å². The fourth-order valence-electron chi connectivity index (χ4n) is 3.62. The fraction of sp³-hybridized carbons (Fsp3) is 0.433. The Bertz CT molecular complexity index is 990. The molecule has 0 atom stereocenters. The zero-order valence-electron chi connectivity index (χ0n) is 23.0. The van der Waals surface area contributed by atoms with E-state index >= 15 is 0 Å². The van der Waals surface area contributed by atoms with E-state index < -0.39 is 0 Å². The first-order valence-electron chi connectivity index (χ1n) is 12.6. The van der Waals surface area contributed by atoms with Gasteiger partial charge in [-0.1, -0.05) is 90.1 Å². The van der Waals surface area contributed by atoms with Gasteiger partial charge in [-0.15, -0.1) is 11.3 Å². The van der Waals surface area contributed by atoms with Gasteiger partial charge in [0.1, 0.15) is 0 Å². The summed E-state index contributed by atoms with van der Waals surface area (Å²) in [6, 6.07) is 17.6. The minimum Gasteiger partial charge on any atom is -0.333 e. The summed E-state index contributed by atoms with van der Waals surface area (Å²) in [7, 11) is 1.50. The third-order valence-electron chi connectivity index (χ3n) is 5.17. The maximum atomic E-state index is 8.44. The molecule has 2 aromatic carbocycles. The second-order valence-electron chi connectivity index (χ2n) is 8.37. The summed E-state index contributed by atoms with van der Waals surface area (Å²) in [5.74, 6) is 0. The molecule has 0 bridgehead atoms. The van der Waals surface area contributed by atoms with Gasteiger partial charge in [0.05, 0.1) is 22.1 Å². The van der Waals surface area contributed by atoms with Gasteiger partial charge in [0.25, 0.3) is 0 Å². The highest BCUT2D eigenvalue weighted by Gasteiger charge is 2.19. The lowest BCUT2D eigenvalue weighted by Crippen LogP contribution is -2.16. The van der Waals surface area contributed by atoms with Crippen molar-refractivity contribution in [3.05, 3.63) is 87.4 Å². The average molecular weight is 495 g/mol. The topological polar surface area (TPSA) is 86.6 Å². The molecule has 0 spiro atoms. The van der Waals surface area contributed by atoms with Crippen LogP contribution in [0.25, 0.3) is 0 Å². The second kappa shape index (κ2) is 17.8. The van der Waals surface area contributed by atoms with Crippen LogP contribution in [0.5, 0.6) is 0 Å². The zero-order valence-corrected chi connectivity index (χ0v) is 23.9.